The number of imidazole rings is 1. The molecule has 0 unspecified atom stereocenters. The monoisotopic (exact) mass is 358 g/mol. The number of H-pyrrole nitrogens is 1. The van der Waals surface area contributed by atoms with Gasteiger partial charge >= 0.3 is 0 Å². The van der Waals surface area contributed by atoms with Crippen molar-refractivity contribution in [1.29, 1.82) is 0 Å². The fraction of sp³-hybridized carbons (Fsp3) is 0.500. The molecule has 2 aromatic rings. The number of carbonyl (C=O) groups excluding carboxylic acids is 2. The first-order valence-corrected chi connectivity index (χ1v) is 8.81. The molecule has 0 radical (unpaired) electrons. The van der Waals surface area contributed by atoms with Gasteiger partial charge in [0.1, 0.15) is 19.0 Å². The van der Waals surface area contributed by atoms with Crippen LogP contribution in [0.25, 0.3) is 11.0 Å². The largest absolute Gasteiger partial charge is 0.376 e. The Morgan fingerprint density at radius 3 is 2.96 bits per heavy atom. The summed E-state index contributed by atoms with van der Waals surface area (Å²) in [5.41, 5.74) is 1.81. The summed E-state index contributed by atoms with van der Waals surface area (Å²) in [6.45, 7) is 2.31. The molecule has 138 valence electrons. The van der Waals surface area contributed by atoms with Gasteiger partial charge in [0.2, 0.25) is 11.8 Å². The van der Waals surface area contributed by atoms with Crippen LogP contribution in [-0.2, 0) is 25.7 Å². The van der Waals surface area contributed by atoms with E-state index in [4.69, 9.17) is 9.47 Å². The zero-order valence-corrected chi connectivity index (χ0v) is 14.5. The zero-order chi connectivity index (χ0) is 18.1. The molecule has 8 nitrogen and oxygen atoms in total. The topological polar surface area (TPSA) is 105 Å². The van der Waals surface area contributed by atoms with E-state index in [0.717, 1.165) is 17.5 Å². The van der Waals surface area contributed by atoms with Gasteiger partial charge in [0.05, 0.1) is 29.2 Å². The number of amides is 2. The van der Waals surface area contributed by atoms with Crippen molar-refractivity contribution in [2.75, 3.05) is 13.2 Å². The van der Waals surface area contributed by atoms with Crippen molar-refractivity contribution >= 4 is 22.8 Å². The first-order valence-electron chi connectivity index (χ1n) is 8.81. The molecule has 1 aromatic carbocycles. The Morgan fingerprint density at radius 1 is 1.31 bits per heavy atom. The molecule has 1 aliphatic heterocycles. The number of carbonyl (C=O) groups is 2. The van der Waals surface area contributed by atoms with Gasteiger partial charge in [-0.15, -0.1) is 0 Å². The number of para-hydroxylation sites is 2. The second-order valence-corrected chi connectivity index (χ2v) is 6.80. The van der Waals surface area contributed by atoms with E-state index in [1.54, 1.807) is 0 Å². The Morgan fingerprint density at radius 2 is 2.15 bits per heavy atom. The molecular formula is C18H22N4O4. The van der Waals surface area contributed by atoms with Crippen LogP contribution >= 0.6 is 0 Å². The predicted molar refractivity (Wildman–Crippen MR) is 93.1 cm³/mol. The minimum absolute atomic E-state index is 0.000617. The lowest BCUT2D eigenvalue weighted by atomic mass is 9.71. The fourth-order valence-electron chi connectivity index (χ4n) is 3.85. The van der Waals surface area contributed by atoms with Crippen LogP contribution in [0.2, 0.25) is 0 Å². The lowest BCUT2D eigenvalue weighted by Gasteiger charge is -2.47. The highest BCUT2D eigenvalue weighted by molar-refractivity contribution is 5.78. The number of aromatic nitrogens is 2. The van der Waals surface area contributed by atoms with E-state index in [1.165, 1.54) is 6.92 Å². The molecule has 1 aliphatic carbocycles. The van der Waals surface area contributed by atoms with Gasteiger partial charge in [0, 0.05) is 19.4 Å². The van der Waals surface area contributed by atoms with Crippen LogP contribution in [0.1, 0.15) is 19.2 Å². The van der Waals surface area contributed by atoms with Gasteiger partial charge in [-0.1, -0.05) is 12.1 Å². The number of ether oxygens (including phenoxy) is 2. The number of hydrogen-bond acceptors (Lipinski definition) is 5. The molecule has 4 rings (SSSR count). The van der Waals surface area contributed by atoms with E-state index in [-0.39, 0.29) is 49.1 Å². The summed E-state index contributed by atoms with van der Waals surface area (Å²) < 4.78 is 11.1. The highest BCUT2D eigenvalue weighted by Gasteiger charge is 2.54. The Balaban J connectivity index is 1.27. The Bertz CT molecular complexity index is 787. The molecule has 2 aliphatic rings. The third-order valence-electron chi connectivity index (χ3n) is 4.99. The molecule has 1 saturated carbocycles. The van der Waals surface area contributed by atoms with Gasteiger partial charge in [-0.25, -0.2) is 4.98 Å². The molecule has 8 heteroatoms. The van der Waals surface area contributed by atoms with Crippen LogP contribution in [0.3, 0.4) is 0 Å². The van der Waals surface area contributed by atoms with Crippen LogP contribution in [0, 0.1) is 5.92 Å². The van der Waals surface area contributed by atoms with Crippen LogP contribution in [-0.4, -0.2) is 53.2 Å². The number of fused-ring (bicyclic) bond motifs is 2. The summed E-state index contributed by atoms with van der Waals surface area (Å²) in [5.74, 6) is 0.616. The lowest BCUT2D eigenvalue weighted by Crippen LogP contribution is -2.71. The van der Waals surface area contributed by atoms with Crippen molar-refractivity contribution in [3.05, 3.63) is 30.1 Å². The van der Waals surface area contributed by atoms with Crippen molar-refractivity contribution in [3.63, 3.8) is 0 Å². The van der Waals surface area contributed by atoms with Crippen molar-refractivity contribution in [2.24, 2.45) is 5.92 Å². The normalized spacial score (nSPS) is 27.0. The van der Waals surface area contributed by atoms with Gasteiger partial charge in [-0.2, -0.15) is 0 Å². The Kier molecular flexibility index (Phi) is 4.60. The number of nitrogens with one attached hydrogen (secondary N) is 3. The average molecular weight is 358 g/mol. The van der Waals surface area contributed by atoms with Crippen LogP contribution in [0.4, 0.5) is 0 Å². The van der Waals surface area contributed by atoms with E-state index in [2.05, 4.69) is 20.6 Å². The second kappa shape index (κ2) is 7.05. The lowest BCUT2D eigenvalue weighted by molar-refractivity contribution is -0.133. The quantitative estimate of drug-likeness (QED) is 0.697. The molecule has 4 atom stereocenters. The van der Waals surface area contributed by atoms with Gasteiger partial charge in [-0.3, -0.25) is 9.59 Å². The zero-order valence-electron chi connectivity index (χ0n) is 14.5. The number of benzene rings is 1. The number of nitrogens with zero attached hydrogens (tertiary/aromatic N) is 1. The van der Waals surface area contributed by atoms with Crippen molar-refractivity contribution in [3.8, 4) is 0 Å². The number of aromatic amines is 1. The summed E-state index contributed by atoms with van der Waals surface area (Å²) in [6.07, 6.45) is 0.895. The van der Waals surface area contributed by atoms with Gasteiger partial charge in [0.25, 0.3) is 0 Å². The van der Waals surface area contributed by atoms with E-state index in [9.17, 15) is 9.59 Å². The van der Waals surface area contributed by atoms with Crippen LogP contribution in [0.5, 0.6) is 0 Å². The Hall–Kier alpha value is -2.45. The molecule has 1 saturated heterocycles. The van der Waals surface area contributed by atoms with Gasteiger partial charge in [-0.05, 0) is 18.6 Å². The minimum atomic E-state index is -0.202. The van der Waals surface area contributed by atoms with Crippen LogP contribution < -0.4 is 10.6 Å². The van der Waals surface area contributed by atoms with Crippen molar-refractivity contribution < 1.29 is 19.1 Å². The minimum Gasteiger partial charge on any atom is -0.376 e. The maximum Gasteiger partial charge on any atom is 0.246 e. The van der Waals surface area contributed by atoms with Crippen LogP contribution in [0.15, 0.2) is 24.3 Å². The summed E-state index contributed by atoms with van der Waals surface area (Å²) in [6, 6.07) is 7.44. The fourth-order valence-corrected chi connectivity index (χ4v) is 3.85. The predicted octanol–water partition coefficient (Wildman–Crippen LogP) is 0.488. The summed E-state index contributed by atoms with van der Waals surface area (Å²) in [5, 5.41) is 5.84. The number of rotatable bonds is 6. The molecule has 0 spiro atoms. The Labute approximate surface area is 150 Å². The molecule has 2 amide bonds. The summed E-state index contributed by atoms with van der Waals surface area (Å²) in [4.78, 5) is 31.1. The van der Waals surface area contributed by atoms with E-state index in [1.807, 2.05) is 24.3 Å². The third-order valence-corrected chi connectivity index (χ3v) is 4.99. The third kappa shape index (κ3) is 3.30. The second-order valence-electron chi connectivity index (χ2n) is 6.80. The highest BCUT2D eigenvalue weighted by Crippen LogP contribution is 2.39. The van der Waals surface area contributed by atoms with Crippen molar-refractivity contribution in [1.82, 2.24) is 20.6 Å². The molecule has 26 heavy (non-hydrogen) atoms. The van der Waals surface area contributed by atoms with E-state index < -0.39 is 0 Å². The van der Waals surface area contributed by atoms with Crippen molar-refractivity contribution in [2.45, 2.75) is 38.1 Å². The maximum atomic E-state index is 12.2. The molecule has 1 aromatic heterocycles. The standard InChI is InChI=1S/C18H22N4O4/c1-10(23)19-17-16(11-6-7-26-18(11)17)22-15(24)9-25-8-14-20-12-4-2-3-5-13(12)21-14/h2-5,11,16-18H,6-9H2,1H3,(H,19,23)(H,20,21)(H,22,24)/t11-,16+,17-,18-/m0/s1. The maximum absolute atomic E-state index is 12.2. The molecular weight excluding hydrogens is 336 g/mol. The SMILES string of the molecule is CC(=O)N[C@H]1[C@H](NC(=O)COCc2nc3ccccc3[nH]2)[C@@H]2CCO[C@@H]21. The smallest absolute Gasteiger partial charge is 0.246 e. The summed E-state index contributed by atoms with van der Waals surface area (Å²) in [7, 11) is 0. The summed E-state index contributed by atoms with van der Waals surface area (Å²) >= 11 is 0. The number of hydrogen-bond donors (Lipinski definition) is 3. The average Bonchev–Trinajstić information content (AvgIpc) is 3.21. The molecule has 3 N–H and O–H groups in total. The molecule has 2 fully saturated rings. The highest BCUT2D eigenvalue weighted by atomic mass is 16.5. The molecule has 2 heterocycles. The van der Waals surface area contributed by atoms with E-state index in [0.29, 0.717) is 12.4 Å². The first-order chi connectivity index (χ1) is 12.6. The van der Waals surface area contributed by atoms with Gasteiger partial charge in [0.15, 0.2) is 0 Å². The van der Waals surface area contributed by atoms with Gasteiger partial charge < -0.3 is 25.1 Å². The first kappa shape index (κ1) is 17.0. The molecule has 0 bridgehead atoms. The van der Waals surface area contributed by atoms with E-state index >= 15 is 0 Å².